The smallest absolute Gasteiger partial charge is 0.321 e. The zero-order valence-corrected chi connectivity index (χ0v) is 12.5. The molecule has 1 aromatic heterocycles. The largest absolute Gasteiger partial charge is 0.480 e. The van der Waals surface area contributed by atoms with Crippen LogP contribution in [-0.2, 0) is 20.8 Å². The molecule has 0 aliphatic carbocycles. The van der Waals surface area contributed by atoms with Crippen molar-refractivity contribution in [3.63, 3.8) is 0 Å². The molecule has 0 aliphatic rings. The monoisotopic (exact) mass is 328 g/mol. The van der Waals surface area contributed by atoms with Crippen molar-refractivity contribution in [3.05, 3.63) is 18.2 Å². The van der Waals surface area contributed by atoms with Crippen molar-refractivity contribution in [2.75, 3.05) is 6.54 Å². The van der Waals surface area contributed by atoms with Crippen LogP contribution in [0.4, 0.5) is 0 Å². The third-order valence-corrected chi connectivity index (χ3v) is 3.21. The van der Waals surface area contributed by atoms with E-state index in [0.29, 0.717) is 5.69 Å². The first-order valence-corrected chi connectivity index (χ1v) is 6.96. The Morgan fingerprint density at radius 2 is 1.83 bits per heavy atom. The van der Waals surface area contributed by atoms with Gasteiger partial charge in [0.05, 0.1) is 12.0 Å². The van der Waals surface area contributed by atoms with Crippen LogP contribution in [0.2, 0.25) is 0 Å². The Balaban J connectivity index is 2.50. The molecule has 128 valence electrons. The minimum Gasteiger partial charge on any atom is -0.480 e. The van der Waals surface area contributed by atoms with E-state index >= 15 is 0 Å². The quantitative estimate of drug-likeness (QED) is 0.296. The average molecular weight is 328 g/mol. The van der Waals surface area contributed by atoms with Crippen LogP contribution in [0.5, 0.6) is 0 Å². The number of aromatic amines is 1. The van der Waals surface area contributed by atoms with Crippen molar-refractivity contribution in [1.82, 2.24) is 20.6 Å². The van der Waals surface area contributed by atoms with Crippen LogP contribution in [0.25, 0.3) is 0 Å². The fourth-order valence-electron chi connectivity index (χ4n) is 1.91. The SMILES string of the molecule is CC(NC(CCNC(Cc1c[nH]cn1)C(=O)O)C(=O)O)C(=O)O. The van der Waals surface area contributed by atoms with E-state index in [1.807, 2.05) is 0 Å². The summed E-state index contributed by atoms with van der Waals surface area (Å²) in [5.74, 6) is -3.43. The van der Waals surface area contributed by atoms with Gasteiger partial charge in [-0.1, -0.05) is 0 Å². The van der Waals surface area contributed by atoms with Gasteiger partial charge in [-0.2, -0.15) is 0 Å². The number of hydrogen-bond donors (Lipinski definition) is 6. The number of imidazole rings is 1. The van der Waals surface area contributed by atoms with Gasteiger partial charge in [-0.15, -0.1) is 0 Å². The summed E-state index contributed by atoms with van der Waals surface area (Å²) in [5, 5.41) is 32.2. The maximum atomic E-state index is 11.2. The van der Waals surface area contributed by atoms with Crippen LogP contribution in [0.3, 0.4) is 0 Å². The second-order valence-corrected chi connectivity index (χ2v) is 5.02. The Labute approximate surface area is 131 Å². The molecule has 0 saturated carbocycles. The first-order valence-electron chi connectivity index (χ1n) is 6.96. The number of rotatable bonds is 11. The molecule has 6 N–H and O–H groups in total. The molecule has 0 aromatic carbocycles. The Hall–Kier alpha value is -2.46. The summed E-state index contributed by atoms with van der Waals surface area (Å²) in [6, 6.07) is -3.02. The Bertz CT molecular complexity index is 533. The van der Waals surface area contributed by atoms with E-state index in [-0.39, 0.29) is 19.4 Å². The Morgan fingerprint density at radius 3 is 2.30 bits per heavy atom. The first kappa shape index (κ1) is 18.6. The number of carbonyl (C=O) groups is 3. The third-order valence-electron chi connectivity index (χ3n) is 3.21. The number of aromatic nitrogens is 2. The highest BCUT2D eigenvalue weighted by Crippen LogP contribution is 2.01. The van der Waals surface area contributed by atoms with Crippen molar-refractivity contribution >= 4 is 17.9 Å². The summed E-state index contributed by atoms with van der Waals surface area (Å²) in [6.07, 6.45) is 3.20. The zero-order chi connectivity index (χ0) is 17.4. The lowest BCUT2D eigenvalue weighted by molar-refractivity contribution is -0.142. The standard InChI is InChI=1S/C13H20N4O6/c1-7(11(18)19)17-9(12(20)21)2-3-15-10(13(22)23)4-8-5-14-6-16-8/h5-7,9-10,15,17H,2-4H2,1H3,(H,14,16)(H,18,19)(H,20,21)(H,22,23). The summed E-state index contributed by atoms with van der Waals surface area (Å²) in [4.78, 5) is 39.7. The Morgan fingerprint density at radius 1 is 1.17 bits per heavy atom. The summed E-state index contributed by atoms with van der Waals surface area (Å²) in [6.45, 7) is 1.43. The van der Waals surface area contributed by atoms with Crippen LogP contribution < -0.4 is 10.6 Å². The first-order chi connectivity index (χ1) is 10.8. The zero-order valence-electron chi connectivity index (χ0n) is 12.5. The lowest BCUT2D eigenvalue weighted by atomic mass is 10.1. The molecule has 1 heterocycles. The number of aliphatic carboxylic acids is 3. The number of nitrogens with zero attached hydrogens (tertiary/aromatic N) is 1. The van der Waals surface area contributed by atoms with Gasteiger partial charge in [-0.25, -0.2) is 4.98 Å². The van der Waals surface area contributed by atoms with E-state index in [9.17, 15) is 14.4 Å². The van der Waals surface area contributed by atoms with Crippen LogP contribution in [0.15, 0.2) is 12.5 Å². The number of hydrogen-bond acceptors (Lipinski definition) is 6. The summed E-state index contributed by atoms with van der Waals surface area (Å²) in [7, 11) is 0. The second kappa shape index (κ2) is 8.86. The van der Waals surface area contributed by atoms with E-state index in [0.717, 1.165) is 0 Å². The summed E-state index contributed by atoms with van der Waals surface area (Å²) < 4.78 is 0. The molecule has 23 heavy (non-hydrogen) atoms. The highest BCUT2D eigenvalue weighted by Gasteiger charge is 2.24. The number of carboxylic acid groups (broad SMARTS) is 3. The lowest BCUT2D eigenvalue weighted by Gasteiger charge is -2.19. The highest BCUT2D eigenvalue weighted by molar-refractivity contribution is 5.77. The minimum atomic E-state index is -1.20. The topological polar surface area (TPSA) is 165 Å². The molecular weight excluding hydrogens is 308 g/mol. The molecule has 1 aromatic rings. The lowest BCUT2D eigenvalue weighted by Crippen LogP contribution is -2.48. The van der Waals surface area contributed by atoms with Gasteiger partial charge in [-0.05, 0) is 19.9 Å². The van der Waals surface area contributed by atoms with Gasteiger partial charge in [0, 0.05) is 12.6 Å². The highest BCUT2D eigenvalue weighted by atomic mass is 16.4. The molecule has 10 heteroatoms. The number of carboxylic acids is 3. The fourth-order valence-corrected chi connectivity index (χ4v) is 1.91. The van der Waals surface area contributed by atoms with E-state index < -0.39 is 36.0 Å². The molecule has 3 atom stereocenters. The van der Waals surface area contributed by atoms with E-state index in [1.165, 1.54) is 13.3 Å². The van der Waals surface area contributed by atoms with Gasteiger partial charge in [-0.3, -0.25) is 19.7 Å². The molecule has 0 aliphatic heterocycles. The van der Waals surface area contributed by atoms with Gasteiger partial charge in [0.15, 0.2) is 0 Å². The normalized spacial score (nSPS) is 14.8. The number of nitrogens with one attached hydrogen (secondary N) is 3. The van der Waals surface area contributed by atoms with Gasteiger partial charge in [0.1, 0.15) is 18.1 Å². The molecule has 0 radical (unpaired) electrons. The summed E-state index contributed by atoms with van der Waals surface area (Å²) >= 11 is 0. The van der Waals surface area contributed by atoms with Crippen LogP contribution >= 0.6 is 0 Å². The maximum Gasteiger partial charge on any atom is 0.321 e. The van der Waals surface area contributed by atoms with Crippen molar-refractivity contribution in [2.24, 2.45) is 0 Å². The fraction of sp³-hybridized carbons (Fsp3) is 0.538. The van der Waals surface area contributed by atoms with Crippen LogP contribution in [0.1, 0.15) is 19.0 Å². The van der Waals surface area contributed by atoms with Gasteiger partial charge in [0.25, 0.3) is 0 Å². The number of H-pyrrole nitrogens is 1. The summed E-state index contributed by atoms with van der Waals surface area (Å²) in [5.41, 5.74) is 0.567. The Kier molecular flexibility index (Phi) is 7.16. The van der Waals surface area contributed by atoms with Gasteiger partial charge in [0.2, 0.25) is 0 Å². The molecule has 0 spiro atoms. The van der Waals surface area contributed by atoms with Crippen LogP contribution in [0, 0.1) is 0 Å². The van der Waals surface area contributed by atoms with Crippen LogP contribution in [-0.4, -0.2) is 67.9 Å². The van der Waals surface area contributed by atoms with Gasteiger partial charge < -0.3 is 25.6 Å². The van der Waals surface area contributed by atoms with Crippen molar-refractivity contribution in [2.45, 2.75) is 37.9 Å². The molecular formula is C13H20N4O6. The van der Waals surface area contributed by atoms with Crippen molar-refractivity contribution in [1.29, 1.82) is 0 Å². The van der Waals surface area contributed by atoms with E-state index in [2.05, 4.69) is 20.6 Å². The van der Waals surface area contributed by atoms with E-state index in [1.54, 1.807) is 6.20 Å². The van der Waals surface area contributed by atoms with Crippen molar-refractivity contribution < 1.29 is 29.7 Å². The molecule has 0 amide bonds. The second-order valence-electron chi connectivity index (χ2n) is 5.02. The predicted molar refractivity (Wildman–Crippen MR) is 78.0 cm³/mol. The van der Waals surface area contributed by atoms with Gasteiger partial charge >= 0.3 is 17.9 Å². The molecule has 0 fully saturated rings. The third kappa shape index (κ3) is 6.45. The minimum absolute atomic E-state index is 0.0390. The molecule has 0 bridgehead atoms. The maximum absolute atomic E-state index is 11.2. The molecule has 0 saturated heterocycles. The average Bonchev–Trinajstić information content (AvgIpc) is 2.97. The van der Waals surface area contributed by atoms with E-state index in [4.69, 9.17) is 15.3 Å². The molecule has 10 nitrogen and oxygen atoms in total. The molecule has 1 rings (SSSR count). The molecule has 3 unspecified atom stereocenters. The predicted octanol–water partition coefficient (Wildman–Crippen LogP) is -1.10. The van der Waals surface area contributed by atoms with Crippen molar-refractivity contribution in [3.8, 4) is 0 Å².